The van der Waals surface area contributed by atoms with Crippen LogP contribution in [0.1, 0.15) is 30.4 Å². The molecule has 1 heterocycles. The summed E-state index contributed by atoms with van der Waals surface area (Å²) in [5.41, 5.74) is 2.42. The van der Waals surface area contributed by atoms with Gasteiger partial charge in [0.2, 0.25) is 10.0 Å². The number of sulfonamides is 1. The van der Waals surface area contributed by atoms with Gasteiger partial charge in [-0.05, 0) is 48.6 Å². The maximum absolute atomic E-state index is 11.8. The van der Waals surface area contributed by atoms with E-state index in [2.05, 4.69) is 57.2 Å². The Balaban J connectivity index is 0.00000320. The molecule has 2 N–H and O–H groups in total. The van der Waals surface area contributed by atoms with Crippen LogP contribution in [0.15, 0.2) is 64.5 Å². The molecule has 2 aromatic carbocycles. The highest BCUT2D eigenvalue weighted by atomic mass is 127. The summed E-state index contributed by atoms with van der Waals surface area (Å²) >= 11 is 0. The van der Waals surface area contributed by atoms with Crippen LogP contribution in [-0.2, 0) is 16.6 Å². The normalized spacial score (nSPS) is 19.8. The van der Waals surface area contributed by atoms with Crippen LogP contribution in [0.25, 0.3) is 0 Å². The van der Waals surface area contributed by atoms with Crippen molar-refractivity contribution in [3.8, 4) is 0 Å². The number of nitrogens with zero attached hydrogens (tertiary/aromatic N) is 2. The number of halogens is 1. The molecule has 0 spiro atoms. The lowest BCUT2D eigenvalue weighted by atomic mass is 9.82. The van der Waals surface area contributed by atoms with Gasteiger partial charge in [-0.3, -0.25) is 4.99 Å². The molecule has 0 amide bonds. The minimum atomic E-state index is -3.40. The predicted molar refractivity (Wildman–Crippen MR) is 133 cm³/mol. The van der Waals surface area contributed by atoms with Crippen LogP contribution in [0.2, 0.25) is 0 Å². The smallest absolute Gasteiger partial charge is 0.240 e. The summed E-state index contributed by atoms with van der Waals surface area (Å²) in [6.45, 7) is 4.82. The summed E-state index contributed by atoms with van der Waals surface area (Å²) in [6.07, 6.45) is 1.10. The summed E-state index contributed by atoms with van der Waals surface area (Å²) < 4.78 is 26.0. The number of hydrogen-bond donors (Lipinski definition) is 2. The van der Waals surface area contributed by atoms with Crippen LogP contribution in [0.3, 0.4) is 0 Å². The first kappa shape index (κ1) is 24.6. The Morgan fingerprint density at radius 2 is 1.80 bits per heavy atom. The van der Waals surface area contributed by atoms with E-state index >= 15 is 0 Å². The predicted octanol–water partition coefficient (Wildman–Crippen LogP) is 3.41. The second kappa shape index (κ2) is 11.1. The third-order valence-corrected chi connectivity index (χ3v) is 7.03. The number of likely N-dealkylation sites (tertiary alicyclic amines) is 1. The maximum Gasteiger partial charge on any atom is 0.240 e. The van der Waals surface area contributed by atoms with Gasteiger partial charge in [-0.1, -0.05) is 49.4 Å². The Bertz CT molecular complexity index is 933. The molecular formula is C22H31IN4O2S. The van der Waals surface area contributed by atoms with Crippen molar-refractivity contribution in [3.05, 3.63) is 65.7 Å². The molecule has 3 rings (SSSR count). The van der Waals surface area contributed by atoms with Gasteiger partial charge in [-0.25, -0.2) is 13.1 Å². The van der Waals surface area contributed by atoms with E-state index in [1.165, 1.54) is 12.6 Å². The van der Waals surface area contributed by atoms with Gasteiger partial charge in [0.15, 0.2) is 5.96 Å². The van der Waals surface area contributed by atoms with Crippen molar-refractivity contribution in [2.24, 2.45) is 10.9 Å². The van der Waals surface area contributed by atoms with Gasteiger partial charge in [0.1, 0.15) is 0 Å². The zero-order valence-electron chi connectivity index (χ0n) is 17.7. The summed E-state index contributed by atoms with van der Waals surface area (Å²) in [4.78, 5) is 7.03. The molecule has 0 aliphatic carbocycles. The molecule has 1 saturated heterocycles. The Morgan fingerprint density at radius 1 is 1.13 bits per heavy atom. The Kier molecular flexibility index (Phi) is 9.11. The third-order valence-electron chi connectivity index (χ3n) is 5.60. The lowest BCUT2D eigenvalue weighted by Gasteiger charge is -2.39. The van der Waals surface area contributed by atoms with E-state index in [0.717, 1.165) is 31.0 Å². The van der Waals surface area contributed by atoms with Gasteiger partial charge in [-0.2, -0.15) is 0 Å². The molecule has 2 atom stereocenters. The summed E-state index contributed by atoms with van der Waals surface area (Å²) in [6, 6.07) is 17.6. The van der Waals surface area contributed by atoms with Crippen LogP contribution in [-0.4, -0.2) is 46.5 Å². The van der Waals surface area contributed by atoms with Gasteiger partial charge in [0.25, 0.3) is 0 Å². The van der Waals surface area contributed by atoms with Crippen LogP contribution in [0, 0.1) is 5.92 Å². The minimum Gasteiger partial charge on any atom is -0.352 e. The van der Waals surface area contributed by atoms with Crippen LogP contribution < -0.4 is 10.0 Å². The first-order valence-corrected chi connectivity index (χ1v) is 11.5. The molecular weight excluding hydrogens is 511 g/mol. The molecule has 1 fully saturated rings. The number of nitrogens with one attached hydrogen (secondary N) is 2. The third kappa shape index (κ3) is 5.95. The number of aliphatic imine (C=N–C) groups is 1. The van der Waals surface area contributed by atoms with E-state index in [1.807, 2.05) is 12.1 Å². The Morgan fingerprint density at radius 3 is 2.37 bits per heavy atom. The van der Waals surface area contributed by atoms with Gasteiger partial charge >= 0.3 is 0 Å². The van der Waals surface area contributed by atoms with Crippen LogP contribution >= 0.6 is 24.0 Å². The molecule has 8 heteroatoms. The first-order valence-electron chi connectivity index (χ1n) is 9.97. The van der Waals surface area contributed by atoms with Gasteiger partial charge in [0, 0.05) is 26.7 Å². The lowest BCUT2D eigenvalue weighted by molar-refractivity contribution is 0.234. The number of rotatable bonds is 5. The number of piperidine rings is 1. The standard InChI is InChI=1S/C22H30N4O2S.HI/c1-17-16-26(14-13-21(17)19-7-5-4-6-8-19)22(23-2)25-15-18-9-11-20(12-10-18)29(27,28)24-3;/h4-12,17,21,24H,13-16H2,1-3H3,(H,23,25);1H. The molecule has 164 valence electrons. The average molecular weight is 542 g/mol. The van der Waals surface area contributed by atoms with E-state index in [0.29, 0.717) is 18.4 Å². The topological polar surface area (TPSA) is 73.8 Å². The van der Waals surface area contributed by atoms with Crippen LogP contribution in [0.5, 0.6) is 0 Å². The Hall–Kier alpha value is -1.65. The van der Waals surface area contributed by atoms with E-state index < -0.39 is 10.0 Å². The minimum absolute atomic E-state index is 0. The largest absolute Gasteiger partial charge is 0.352 e. The quantitative estimate of drug-likeness (QED) is 0.345. The monoisotopic (exact) mass is 542 g/mol. The average Bonchev–Trinajstić information content (AvgIpc) is 2.75. The fourth-order valence-corrected chi connectivity index (χ4v) is 4.68. The molecule has 0 aromatic heterocycles. The summed E-state index contributed by atoms with van der Waals surface area (Å²) in [7, 11) is -0.187. The fourth-order valence-electron chi connectivity index (χ4n) is 3.95. The molecule has 1 aliphatic heterocycles. The van der Waals surface area contributed by atoms with Gasteiger partial charge in [0.05, 0.1) is 4.90 Å². The number of benzene rings is 2. The highest BCUT2D eigenvalue weighted by Crippen LogP contribution is 2.32. The molecule has 2 unspecified atom stereocenters. The number of hydrogen-bond acceptors (Lipinski definition) is 3. The first-order chi connectivity index (χ1) is 13.9. The van der Waals surface area contributed by atoms with E-state index in [-0.39, 0.29) is 28.9 Å². The highest BCUT2D eigenvalue weighted by molar-refractivity contribution is 14.0. The molecule has 2 aromatic rings. The zero-order chi connectivity index (χ0) is 20.9. The van der Waals surface area contributed by atoms with E-state index in [4.69, 9.17) is 0 Å². The molecule has 6 nitrogen and oxygen atoms in total. The summed E-state index contributed by atoms with van der Waals surface area (Å²) in [5, 5.41) is 3.41. The molecule has 0 bridgehead atoms. The molecule has 30 heavy (non-hydrogen) atoms. The second-order valence-electron chi connectivity index (χ2n) is 7.48. The van der Waals surface area contributed by atoms with Crippen molar-refractivity contribution in [1.82, 2.24) is 14.9 Å². The van der Waals surface area contributed by atoms with Crippen LogP contribution in [0.4, 0.5) is 0 Å². The van der Waals surface area contributed by atoms with E-state index in [1.54, 1.807) is 19.2 Å². The van der Waals surface area contributed by atoms with Crippen molar-refractivity contribution in [2.75, 3.05) is 27.2 Å². The van der Waals surface area contributed by atoms with Gasteiger partial charge < -0.3 is 10.2 Å². The van der Waals surface area contributed by atoms with Crippen molar-refractivity contribution in [1.29, 1.82) is 0 Å². The number of guanidine groups is 1. The molecule has 0 saturated carbocycles. The highest BCUT2D eigenvalue weighted by Gasteiger charge is 2.28. The van der Waals surface area contributed by atoms with Gasteiger partial charge in [-0.15, -0.1) is 24.0 Å². The van der Waals surface area contributed by atoms with Crippen molar-refractivity contribution in [3.63, 3.8) is 0 Å². The SMILES string of the molecule is CN=C(NCc1ccc(S(=O)(=O)NC)cc1)N1CCC(c2ccccc2)C(C)C1.I. The Labute approximate surface area is 197 Å². The molecule has 0 radical (unpaired) electrons. The van der Waals surface area contributed by atoms with Crippen molar-refractivity contribution >= 4 is 40.0 Å². The fraction of sp³-hybridized carbons (Fsp3) is 0.409. The maximum atomic E-state index is 11.8. The van der Waals surface area contributed by atoms with Crippen molar-refractivity contribution in [2.45, 2.75) is 30.7 Å². The second-order valence-corrected chi connectivity index (χ2v) is 9.37. The van der Waals surface area contributed by atoms with Crippen molar-refractivity contribution < 1.29 is 8.42 Å². The lowest BCUT2D eigenvalue weighted by Crippen LogP contribution is -2.47. The van der Waals surface area contributed by atoms with E-state index in [9.17, 15) is 8.42 Å². The zero-order valence-corrected chi connectivity index (χ0v) is 20.9. The molecule has 1 aliphatic rings. The summed E-state index contributed by atoms with van der Waals surface area (Å²) in [5.74, 6) is 2.00.